The molecule has 8 heteroatoms. The van der Waals surface area contributed by atoms with E-state index in [0.717, 1.165) is 37.1 Å². The highest BCUT2D eigenvalue weighted by Gasteiger charge is 2.11. The van der Waals surface area contributed by atoms with Gasteiger partial charge in [-0.1, -0.05) is 64.5 Å². The molecule has 0 fully saturated rings. The van der Waals surface area contributed by atoms with Crippen LogP contribution in [0.25, 0.3) is 32.4 Å². The zero-order valence-electron chi connectivity index (χ0n) is 16.6. The number of rotatable bonds is 3. The summed E-state index contributed by atoms with van der Waals surface area (Å²) in [4.78, 5) is 2.86. The monoisotopic (exact) mass is 501 g/mol. The third-order valence-electron chi connectivity index (χ3n) is 5.12. The predicted molar refractivity (Wildman–Crippen MR) is 137 cm³/mol. The van der Waals surface area contributed by atoms with Crippen LogP contribution in [0.3, 0.4) is 0 Å². The molecule has 0 saturated heterocycles. The molecule has 0 saturated carbocycles. The Labute approximate surface area is 196 Å². The number of hydrogen-bond acceptors (Lipinski definition) is 4. The van der Waals surface area contributed by atoms with Gasteiger partial charge in [0.2, 0.25) is 11.0 Å². The summed E-state index contributed by atoms with van der Waals surface area (Å²) in [5.41, 5.74) is 4.75. The molecule has 0 radical (unpaired) electrons. The Bertz CT molecular complexity index is 1560. The van der Waals surface area contributed by atoms with Gasteiger partial charge in [0.15, 0.2) is 5.69 Å². The number of hydrazone groups is 1. The summed E-state index contributed by atoms with van der Waals surface area (Å²) < 4.78 is 0.869. The van der Waals surface area contributed by atoms with Crippen molar-refractivity contribution in [2.45, 2.75) is 0 Å². The molecule has 1 aromatic heterocycles. The maximum absolute atomic E-state index is 10.1. The summed E-state index contributed by atoms with van der Waals surface area (Å²) in [6.45, 7) is 0. The molecule has 0 spiro atoms. The number of thiocarbonyl (C=S) groups is 1. The number of halogens is 1. The lowest BCUT2D eigenvalue weighted by Gasteiger charge is -2.07. The smallest absolute Gasteiger partial charge is 0.234 e. The maximum atomic E-state index is 10.1. The number of fused-ring (bicyclic) bond motifs is 4. The highest BCUT2D eigenvalue weighted by molar-refractivity contribution is 9.10. The molecule has 3 N–H and O–H groups in total. The Kier molecular flexibility index (Phi) is 5.38. The van der Waals surface area contributed by atoms with Gasteiger partial charge >= 0.3 is 0 Å². The molecular weight excluding hydrogens is 486 g/mol. The van der Waals surface area contributed by atoms with Gasteiger partial charge in [-0.15, -0.1) is 10.2 Å². The second-order valence-corrected chi connectivity index (χ2v) is 8.42. The Balaban J connectivity index is 1.39. The van der Waals surface area contributed by atoms with Crippen LogP contribution in [0.1, 0.15) is 5.56 Å². The van der Waals surface area contributed by atoms with E-state index in [1.807, 2.05) is 42.5 Å². The molecule has 1 heterocycles. The van der Waals surface area contributed by atoms with Crippen LogP contribution in [0.2, 0.25) is 0 Å². The van der Waals surface area contributed by atoms with Crippen molar-refractivity contribution in [1.82, 2.24) is 10.4 Å². The van der Waals surface area contributed by atoms with Crippen LogP contribution in [0, 0.1) is 0 Å². The van der Waals surface area contributed by atoms with Crippen molar-refractivity contribution in [1.29, 1.82) is 0 Å². The summed E-state index contributed by atoms with van der Waals surface area (Å²) in [5.74, 6) is -0.0733. The standard InChI is InChI=1S/C24H16BrN5OS/c25-16-9-10-21-20(12-16)22(23(31)27-21)28-30-24(32)29-26-13-15-11-14-5-1-2-6-17(14)19-8-4-3-7-18(15)19/h1-13,27,31H,(H,29,32)/b26-13+,30-28?. The molecule has 0 aliphatic heterocycles. The second-order valence-electron chi connectivity index (χ2n) is 7.12. The number of hydrogen-bond donors (Lipinski definition) is 3. The van der Waals surface area contributed by atoms with Crippen molar-refractivity contribution >= 4 is 77.6 Å². The number of nitrogens with zero attached hydrogens (tertiary/aromatic N) is 3. The zero-order chi connectivity index (χ0) is 22.1. The molecular formula is C24H16BrN5OS. The van der Waals surface area contributed by atoms with E-state index < -0.39 is 0 Å². The molecule has 0 aliphatic rings. The first-order valence-electron chi connectivity index (χ1n) is 9.75. The first kappa shape index (κ1) is 20.3. The molecule has 0 bridgehead atoms. The fourth-order valence-electron chi connectivity index (χ4n) is 3.70. The van der Waals surface area contributed by atoms with E-state index in [2.05, 4.69) is 72.0 Å². The van der Waals surface area contributed by atoms with Crippen LogP contribution in [0.5, 0.6) is 5.88 Å². The normalized spacial score (nSPS) is 11.9. The van der Waals surface area contributed by atoms with Gasteiger partial charge in [0.05, 0.1) is 11.7 Å². The molecule has 6 nitrogen and oxygen atoms in total. The maximum Gasteiger partial charge on any atom is 0.234 e. The van der Waals surface area contributed by atoms with Crippen molar-refractivity contribution in [3.8, 4) is 5.88 Å². The van der Waals surface area contributed by atoms with E-state index >= 15 is 0 Å². The van der Waals surface area contributed by atoms with E-state index in [9.17, 15) is 5.11 Å². The number of aromatic nitrogens is 1. The Hall–Kier alpha value is -3.62. The molecule has 5 rings (SSSR count). The second kappa shape index (κ2) is 8.49. The molecule has 32 heavy (non-hydrogen) atoms. The average Bonchev–Trinajstić information content (AvgIpc) is 3.12. The number of H-pyrrole nitrogens is 1. The lowest BCUT2D eigenvalue weighted by molar-refractivity contribution is 0.459. The van der Waals surface area contributed by atoms with E-state index in [0.29, 0.717) is 5.69 Å². The summed E-state index contributed by atoms with van der Waals surface area (Å²) in [6, 6.07) is 24.1. The van der Waals surface area contributed by atoms with Crippen molar-refractivity contribution < 1.29 is 5.11 Å². The lowest BCUT2D eigenvalue weighted by Crippen LogP contribution is -2.11. The molecule has 0 aliphatic carbocycles. The van der Waals surface area contributed by atoms with Crippen LogP contribution < -0.4 is 5.43 Å². The first-order chi connectivity index (χ1) is 15.6. The molecule has 5 aromatic rings. The first-order valence-corrected chi connectivity index (χ1v) is 11.0. The number of aromatic amines is 1. The third-order valence-corrected chi connectivity index (χ3v) is 5.78. The summed E-state index contributed by atoms with van der Waals surface area (Å²) in [6.07, 6.45) is 1.72. The number of benzene rings is 4. The minimum Gasteiger partial charge on any atom is -0.493 e. The molecule has 4 aromatic carbocycles. The molecule has 0 amide bonds. The van der Waals surface area contributed by atoms with Crippen LogP contribution >= 0.6 is 28.1 Å². The highest BCUT2D eigenvalue weighted by atomic mass is 79.9. The van der Waals surface area contributed by atoms with Gasteiger partial charge in [-0.05, 0) is 58.0 Å². The number of azo groups is 1. The molecule has 0 atom stereocenters. The average molecular weight is 502 g/mol. The van der Waals surface area contributed by atoms with Crippen molar-refractivity contribution in [2.75, 3.05) is 0 Å². The predicted octanol–water partition coefficient (Wildman–Crippen LogP) is 6.93. The van der Waals surface area contributed by atoms with E-state index in [1.165, 1.54) is 5.39 Å². The fraction of sp³-hybridized carbons (Fsp3) is 0. The minimum absolute atomic E-state index is 0.0733. The van der Waals surface area contributed by atoms with Crippen LogP contribution in [-0.4, -0.2) is 21.4 Å². The summed E-state index contributed by atoms with van der Waals surface area (Å²) >= 11 is 8.64. The van der Waals surface area contributed by atoms with E-state index in [1.54, 1.807) is 6.21 Å². The number of nitrogens with one attached hydrogen (secondary N) is 2. The van der Waals surface area contributed by atoms with Crippen molar-refractivity contribution in [3.63, 3.8) is 0 Å². The molecule has 0 unspecified atom stereocenters. The van der Waals surface area contributed by atoms with Gasteiger partial charge in [-0.2, -0.15) is 5.10 Å². The third kappa shape index (κ3) is 3.86. The topological polar surface area (TPSA) is 85.1 Å². The quantitative estimate of drug-likeness (QED) is 0.0822. The summed E-state index contributed by atoms with van der Waals surface area (Å²) in [5, 5.41) is 27.9. The van der Waals surface area contributed by atoms with Crippen molar-refractivity contribution in [3.05, 3.63) is 82.8 Å². The molecule has 156 valence electrons. The van der Waals surface area contributed by atoms with Crippen molar-refractivity contribution in [2.24, 2.45) is 15.3 Å². The Morgan fingerprint density at radius 2 is 1.69 bits per heavy atom. The van der Waals surface area contributed by atoms with Crippen LogP contribution in [0.15, 0.2) is 92.6 Å². The SMILES string of the molecule is Oc1[nH]c2ccc(Br)cc2c1N=NC(=S)N/N=C/c1cc2ccccc2c2ccccc12. The number of aromatic hydroxyl groups is 1. The van der Waals surface area contributed by atoms with Crippen LogP contribution in [0.4, 0.5) is 5.69 Å². The van der Waals surface area contributed by atoms with Gasteiger partial charge in [0, 0.05) is 15.4 Å². The van der Waals surface area contributed by atoms with Gasteiger partial charge < -0.3 is 10.1 Å². The fourth-order valence-corrected chi connectivity index (χ4v) is 4.16. The van der Waals surface area contributed by atoms with Gasteiger partial charge in [-0.25, -0.2) is 0 Å². The Morgan fingerprint density at radius 1 is 0.938 bits per heavy atom. The lowest BCUT2D eigenvalue weighted by atomic mass is 9.98. The van der Waals surface area contributed by atoms with Gasteiger partial charge in [0.25, 0.3) is 0 Å². The highest BCUT2D eigenvalue weighted by Crippen LogP contribution is 2.36. The largest absolute Gasteiger partial charge is 0.493 e. The van der Waals surface area contributed by atoms with E-state index in [-0.39, 0.29) is 11.0 Å². The summed E-state index contributed by atoms with van der Waals surface area (Å²) in [7, 11) is 0. The van der Waals surface area contributed by atoms with Crippen LogP contribution in [-0.2, 0) is 0 Å². The van der Waals surface area contributed by atoms with Gasteiger partial charge in [0.1, 0.15) is 0 Å². The van der Waals surface area contributed by atoms with Gasteiger partial charge in [-0.3, -0.25) is 5.43 Å². The zero-order valence-corrected chi connectivity index (χ0v) is 19.0. The van der Waals surface area contributed by atoms with E-state index in [4.69, 9.17) is 12.2 Å². The Morgan fingerprint density at radius 3 is 2.53 bits per heavy atom. The minimum atomic E-state index is -0.0733.